The average molecular weight is 209 g/mol. The highest BCUT2D eigenvalue weighted by Gasteiger charge is 2.12. The first-order valence-corrected chi connectivity index (χ1v) is 4.99. The summed E-state index contributed by atoms with van der Waals surface area (Å²) in [5.41, 5.74) is 0.878. The van der Waals surface area contributed by atoms with E-state index in [1.165, 1.54) is 6.07 Å². The molecule has 0 saturated carbocycles. The molecule has 0 spiro atoms. The van der Waals surface area contributed by atoms with E-state index in [9.17, 15) is 4.79 Å². The number of ether oxygens (including phenoxy) is 1. The summed E-state index contributed by atoms with van der Waals surface area (Å²) in [5, 5.41) is 8.89. The summed E-state index contributed by atoms with van der Waals surface area (Å²) in [5.74, 6) is -0.787. The molecule has 0 atom stereocenters. The topological polar surface area (TPSA) is 59.4 Å². The number of rotatable bonds is 5. The Morgan fingerprint density at radius 3 is 2.87 bits per heavy atom. The molecule has 0 radical (unpaired) electrons. The Morgan fingerprint density at radius 1 is 1.53 bits per heavy atom. The van der Waals surface area contributed by atoms with Crippen molar-refractivity contribution in [2.75, 3.05) is 6.61 Å². The zero-order valence-corrected chi connectivity index (χ0v) is 8.99. The SMILES string of the molecule is CCCCOc1nc(C)ccc1C(=O)O. The zero-order chi connectivity index (χ0) is 11.3. The Bertz CT molecular complexity index is 350. The second-order valence-corrected chi connectivity index (χ2v) is 3.31. The van der Waals surface area contributed by atoms with Gasteiger partial charge in [0.15, 0.2) is 0 Å². The number of carboxylic acids is 1. The van der Waals surface area contributed by atoms with E-state index in [1.807, 2.05) is 6.92 Å². The van der Waals surface area contributed by atoms with Gasteiger partial charge in [0.1, 0.15) is 5.56 Å². The van der Waals surface area contributed by atoms with Crippen molar-refractivity contribution in [2.24, 2.45) is 0 Å². The number of aromatic carboxylic acids is 1. The Hall–Kier alpha value is -1.58. The van der Waals surface area contributed by atoms with Gasteiger partial charge in [0.2, 0.25) is 5.88 Å². The molecule has 0 aliphatic heterocycles. The monoisotopic (exact) mass is 209 g/mol. The molecule has 15 heavy (non-hydrogen) atoms. The van der Waals surface area contributed by atoms with E-state index in [2.05, 4.69) is 4.98 Å². The number of nitrogens with zero attached hydrogens (tertiary/aromatic N) is 1. The first kappa shape index (κ1) is 11.5. The molecule has 0 aromatic carbocycles. The third-order valence-electron chi connectivity index (χ3n) is 1.97. The zero-order valence-electron chi connectivity index (χ0n) is 8.99. The minimum absolute atomic E-state index is 0.122. The number of carbonyl (C=O) groups is 1. The minimum Gasteiger partial charge on any atom is -0.477 e. The van der Waals surface area contributed by atoms with Crippen molar-refractivity contribution < 1.29 is 14.6 Å². The fourth-order valence-electron chi connectivity index (χ4n) is 1.12. The predicted molar refractivity (Wildman–Crippen MR) is 56.3 cm³/mol. The Balaban J connectivity index is 2.82. The lowest BCUT2D eigenvalue weighted by atomic mass is 10.2. The van der Waals surface area contributed by atoms with Crippen molar-refractivity contribution in [3.8, 4) is 5.88 Å². The van der Waals surface area contributed by atoms with Crippen LogP contribution >= 0.6 is 0 Å². The van der Waals surface area contributed by atoms with Gasteiger partial charge in [-0.05, 0) is 25.5 Å². The number of aryl methyl sites for hydroxylation is 1. The molecule has 0 unspecified atom stereocenters. The van der Waals surface area contributed by atoms with E-state index in [0.29, 0.717) is 6.61 Å². The van der Waals surface area contributed by atoms with Crippen LogP contribution in [-0.2, 0) is 0 Å². The fourth-order valence-corrected chi connectivity index (χ4v) is 1.12. The van der Waals surface area contributed by atoms with Crippen LogP contribution in [0.15, 0.2) is 12.1 Å². The standard InChI is InChI=1S/C11H15NO3/c1-3-4-7-15-10-9(11(13)14)6-5-8(2)12-10/h5-6H,3-4,7H2,1-2H3,(H,13,14). The van der Waals surface area contributed by atoms with Crippen molar-refractivity contribution >= 4 is 5.97 Å². The van der Waals surface area contributed by atoms with Crippen LogP contribution in [0, 0.1) is 6.92 Å². The molecule has 0 amide bonds. The van der Waals surface area contributed by atoms with Crippen LogP contribution in [0.5, 0.6) is 5.88 Å². The van der Waals surface area contributed by atoms with Crippen LogP contribution in [-0.4, -0.2) is 22.7 Å². The molecule has 1 N–H and O–H groups in total. The normalized spacial score (nSPS) is 10.0. The summed E-state index contributed by atoms with van der Waals surface area (Å²) < 4.78 is 5.33. The van der Waals surface area contributed by atoms with Gasteiger partial charge < -0.3 is 9.84 Å². The lowest BCUT2D eigenvalue weighted by Gasteiger charge is -2.07. The molecule has 1 aromatic heterocycles. The highest BCUT2D eigenvalue weighted by atomic mass is 16.5. The molecule has 82 valence electrons. The summed E-state index contributed by atoms with van der Waals surface area (Å²) in [6.07, 6.45) is 1.91. The van der Waals surface area contributed by atoms with Gasteiger partial charge in [0.05, 0.1) is 6.61 Å². The predicted octanol–water partition coefficient (Wildman–Crippen LogP) is 2.27. The quantitative estimate of drug-likeness (QED) is 0.756. The van der Waals surface area contributed by atoms with Crippen LogP contribution in [0.3, 0.4) is 0 Å². The number of hydrogen-bond acceptors (Lipinski definition) is 3. The highest BCUT2D eigenvalue weighted by molar-refractivity contribution is 5.90. The first-order chi connectivity index (χ1) is 7.15. The summed E-state index contributed by atoms with van der Waals surface area (Å²) in [6, 6.07) is 3.18. The molecule has 1 rings (SSSR count). The number of hydrogen-bond donors (Lipinski definition) is 1. The van der Waals surface area contributed by atoms with E-state index >= 15 is 0 Å². The number of aromatic nitrogens is 1. The van der Waals surface area contributed by atoms with Crippen molar-refractivity contribution in [1.29, 1.82) is 0 Å². The molecule has 0 bridgehead atoms. The molecular weight excluding hydrogens is 194 g/mol. The highest BCUT2D eigenvalue weighted by Crippen LogP contribution is 2.16. The van der Waals surface area contributed by atoms with Gasteiger partial charge in [0, 0.05) is 5.69 Å². The van der Waals surface area contributed by atoms with Gasteiger partial charge in [-0.15, -0.1) is 0 Å². The molecule has 4 heteroatoms. The summed E-state index contributed by atoms with van der Waals surface area (Å²) in [6.45, 7) is 4.36. The van der Waals surface area contributed by atoms with E-state index in [-0.39, 0.29) is 11.4 Å². The van der Waals surface area contributed by atoms with E-state index in [0.717, 1.165) is 18.5 Å². The van der Waals surface area contributed by atoms with Gasteiger partial charge >= 0.3 is 5.97 Å². The summed E-state index contributed by atoms with van der Waals surface area (Å²) in [4.78, 5) is 14.9. The Kier molecular flexibility index (Phi) is 4.09. The van der Waals surface area contributed by atoms with Gasteiger partial charge in [-0.2, -0.15) is 0 Å². The van der Waals surface area contributed by atoms with E-state index in [4.69, 9.17) is 9.84 Å². The third kappa shape index (κ3) is 3.23. The molecule has 1 heterocycles. The number of carboxylic acid groups (broad SMARTS) is 1. The maximum atomic E-state index is 10.8. The van der Waals surface area contributed by atoms with Crippen LogP contribution in [0.2, 0.25) is 0 Å². The van der Waals surface area contributed by atoms with Crippen molar-refractivity contribution in [3.05, 3.63) is 23.4 Å². The molecule has 1 aromatic rings. The first-order valence-electron chi connectivity index (χ1n) is 4.99. The molecular formula is C11H15NO3. The van der Waals surface area contributed by atoms with Gasteiger partial charge in [-0.3, -0.25) is 0 Å². The van der Waals surface area contributed by atoms with Crippen molar-refractivity contribution in [1.82, 2.24) is 4.98 Å². The largest absolute Gasteiger partial charge is 0.477 e. The van der Waals surface area contributed by atoms with E-state index in [1.54, 1.807) is 13.0 Å². The fraction of sp³-hybridized carbons (Fsp3) is 0.455. The van der Waals surface area contributed by atoms with Crippen LogP contribution in [0.1, 0.15) is 35.8 Å². The number of unbranched alkanes of at least 4 members (excludes halogenated alkanes) is 1. The smallest absolute Gasteiger partial charge is 0.341 e. The Morgan fingerprint density at radius 2 is 2.27 bits per heavy atom. The molecule has 0 saturated heterocycles. The van der Waals surface area contributed by atoms with Crippen molar-refractivity contribution in [2.45, 2.75) is 26.7 Å². The molecule has 4 nitrogen and oxygen atoms in total. The van der Waals surface area contributed by atoms with Gasteiger partial charge in [-0.1, -0.05) is 13.3 Å². The van der Waals surface area contributed by atoms with Crippen LogP contribution in [0.4, 0.5) is 0 Å². The van der Waals surface area contributed by atoms with Crippen LogP contribution < -0.4 is 4.74 Å². The second-order valence-electron chi connectivity index (χ2n) is 3.31. The lowest BCUT2D eigenvalue weighted by molar-refractivity contribution is 0.0691. The van der Waals surface area contributed by atoms with Crippen LogP contribution in [0.25, 0.3) is 0 Å². The van der Waals surface area contributed by atoms with Gasteiger partial charge in [0.25, 0.3) is 0 Å². The number of pyridine rings is 1. The molecule has 0 aliphatic rings. The Labute approximate surface area is 88.9 Å². The second kappa shape index (κ2) is 5.34. The molecule has 0 aliphatic carbocycles. The van der Waals surface area contributed by atoms with Gasteiger partial charge in [-0.25, -0.2) is 9.78 Å². The minimum atomic E-state index is -1.01. The third-order valence-corrected chi connectivity index (χ3v) is 1.97. The molecule has 0 fully saturated rings. The summed E-state index contributed by atoms with van der Waals surface area (Å²) in [7, 11) is 0. The average Bonchev–Trinajstić information content (AvgIpc) is 2.18. The maximum absolute atomic E-state index is 10.8. The van der Waals surface area contributed by atoms with E-state index < -0.39 is 5.97 Å². The van der Waals surface area contributed by atoms with Crippen molar-refractivity contribution in [3.63, 3.8) is 0 Å². The lowest BCUT2D eigenvalue weighted by Crippen LogP contribution is -2.06. The summed E-state index contributed by atoms with van der Waals surface area (Å²) >= 11 is 0. The maximum Gasteiger partial charge on any atom is 0.341 e.